The number of benzene rings is 2. The Morgan fingerprint density at radius 2 is 1.71 bits per heavy atom. The number of halogens is 1. The van der Waals surface area contributed by atoms with E-state index in [1.807, 2.05) is 12.1 Å². The molecule has 2 aromatic carbocycles. The zero-order valence-corrected chi connectivity index (χ0v) is 13.3. The molecule has 0 radical (unpaired) electrons. The molecule has 0 aliphatic carbocycles. The summed E-state index contributed by atoms with van der Waals surface area (Å²) in [7, 11) is 1.50. The van der Waals surface area contributed by atoms with Crippen molar-refractivity contribution in [3.63, 3.8) is 0 Å². The highest BCUT2D eigenvalue weighted by Gasteiger charge is 2.19. The Morgan fingerprint density at radius 3 is 2.48 bits per heavy atom. The molecule has 0 amide bonds. The van der Waals surface area contributed by atoms with E-state index in [1.165, 1.54) is 18.2 Å². The molecule has 2 aromatic rings. The van der Waals surface area contributed by atoms with Crippen LogP contribution < -0.4 is 15.2 Å². The van der Waals surface area contributed by atoms with Crippen molar-refractivity contribution in [2.75, 3.05) is 20.3 Å². The molecule has 0 aromatic heterocycles. The van der Waals surface area contributed by atoms with E-state index >= 15 is 0 Å². The normalized spacial score (nSPS) is 12.4. The van der Waals surface area contributed by atoms with Crippen molar-refractivity contribution in [2.24, 2.45) is 5.73 Å². The van der Waals surface area contributed by atoms with Gasteiger partial charge in [0.1, 0.15) is 13.2 Å². The van der Waals surface area contributed by atoms with Gasteiger partial charge in [0.15, 0.2) is 11.5 Å². The average Bonchev–Trinajstić information content (AvgIpc) is 2.51. The van der Waals surface area contributed by atoms with Gasteiger partial charge in [0, 0.05) is 16.7 Å². The first kappa shape index (κ1) is 15.7. The molecule has 1 aliphatic heterocycles. The van der Waals surface area contributed by atoms with Crippen LogP contribution in [-0.2, 0) is 0 Å². The average molecular weight is 306 g/mol. The fourth-order valence-corrected chi connectivity index (χ4v) is 2.57. The van der Waals surface area contributed by atoms with Crippen molar-refractivity contribution >= 4 is 11.6 Å². The van der Waals surface area contributed by atoms with Gasteiger partial charge < -0.3 is 15.2 Å². The smallest absolute Gasteiger partial charge is 0.169 e. The number of ether oxygens (including phenoxy) is 2. The Hall–Kier alpha value is -1.71. The van der Waals surface area contributed by atoms with Crippen molar-refractivity contribution in [1.82, 2.24) is 0 Å². The predicted octanol–water partition coefficient (Wildman–Crippen LogP) is 3.97. The van der Waals surface area contributed by atoms with E-state index < -0.39 is 0 Å². The number of rotatable bonds is 1. The second-order valence-corrected chi connectivity index (χ2v) is 5.16. The van der Waals surface area contributed by atoms with Gasteiger partial charge in [0.2, 0.25) is 0 Å². The van der Waals surface area contributed by atoms with Gasteiger partial charge >= 0.3 is 0 Å². The van der Waals surface area contributed by atoms with Gasteiger partial charge in [-0.3, -0.25) is 0 Å². The fraction of sp³-hybridized carbons (Fsp3) is 0.294. The summed E-state index contributed by atoms with van der Waals surface area (Å²) in [5.74, 6) is 1.53. The van der Waals surface area contributed by atoms with E-state index in [9.17, 15) is 0 Å². The molecule has 3 nitrogen and oxygen atoms in total. The number of nitrogens with two attached hydrogens (primary N) is 1. The third-order valence-corrected chi connectivity index (χ3v) is 3.72. The molecule has 0 saturated heterocycles. The number of hydrogen-bond donors (Lipinski definition) is 1. The van der Waals surface area contributed by atoms with Crippen LogP contribution in [0, 0.1) is 13.8 Å². The Bertz CT molecular complexity index is 641. The molecule has 1 heterocycles. The van der Waals surface area contributed by atoms with E-state index in [4.69, 9.17) is 21.1 Å². The van der Waals surface area contributed by atoms with Gasteiger partial charge in [0.05, 0.1) is 0 Å². The maximum Gasteiger partial charge on any atom is 0.169 e. The van der Waals surface area contributed by atoms with Crippen LogP contribution in [0.3, 0.4) is 0 Å². The fourth-order valence-electron chi connectivity index (χ4n) is 2.36. The molecule has 3 rings (SSSR count). The molecule has 0 fully saturated rings. The summed E-state index contributed by atoms with van der Waals surface area (Å²) in [5, 5.41) is 0.667. The van der Waals surface area contributed by atoms with Gasteiger partial charge in [-0.15, -0.1) is 0 Å². The van der Waals surface area contributed by atoms with E-state index in [1.54, 1.807) is 0 Å². The van der Waals surface area contributed by atoms with Gasteiger partial charge in [-0.25, -0.2) is 0 Å². The molecular formula is C17H20ClNO2. The predicted molar refractivity (Wildman–Crippen MR) is 87.5 cm³/mol. The van der Waals surface area contributed by atoms with Gasteiger partial charge in [0.25, 0.3) is 0 Å². The van der Waals surface area contributed by atoms with Gasteiger partial charge in [-0.05, 0) is 43.7 Å². The largest absolute Gasteiger partial charge is 0.486 e. The van der Waals surface area contributed by atoms with Crippen LogP contribution in [0.25, 0.3) is 11.1 Å². The third kappa shape index (κ3) is 3.14. The maximum absolute atomic E-state index is 6.19. The Balaban J connectivity index is 0.000000774. The van der Waals surface area contributed by atoms with Crippen LogP contribution in [-0.4, -0.2) is 20.3 Å². The van der Waals surface area contributed by atoms with Crippen molar-refractivity contribution in [3.05, 3.63) is 46.5 Å². The minimum absolute atomic E-state index is 0.569. The molecule has 2 N–H and O–H groups in total. The Morgan fingerprint density at radius 1 is 1.00 bits per heavy atom. The minimum atomic E-state index is 0.569. The molecule has 0 atom stereocenters. The molecule has 112 valence electrons. The van der Waals surface area contributed by atoms with Crippen LogP contribution in [0.5, 0.6) is 11.5 Å². The highest BCUT2D eigenvalue weighted by molar-refractivity contribution is 6.31. The van der Waals surface area contributed by atoms with Crippen LogP contribution in [0.1, 0.15) is 11.1 Å². The summed E-state index contributed by atoms with van der Waals surface area (Å²) in [6.07, 6.45) is 0. The van der Waals surface area contributed by atoms with E-state index in [0.29, 0.717) is 18.2 Å². The lowest BCUT2D eigenvalue weighted by molar-refractivity contribution is 0.172. The zero-order chi connectivity index (χ0) is 15.4. The second kappa shape index (κ2) is 6.83. The lowest BCUT2D eigenvalue weighted by Gasteiger charge is -2.22. The summed E-state index contributed by atoms with van der Waals surface area (Å²) >= 11 is 6.19. The molecule has 0 unspecified atom stereocenters. The van der Waals surface area contributed by atoms with Crippen molar-refractivity contribution in [2.45, 2.75) is 13.8 Å². The SMILES string of the molecule is CN.Cc1cccc(-c2cc(Cl)cc3c2OCCO3)c1C. The Labute approximate surface area is 130 Å². The van der Waals surface area contributed by atoms with Crippen LogP contribution in [0.15, 0.2) is 30.3 Å². The molecule has 1 aliphatic rings. The Kier molecular flexibility index (Phi) is 5.10. The van der Waals surface area contributed by atoms with Crippen molar-refractivity contribution in [1.29, 1.82) is 0 Å². The molecule has 0 bridgehead atoms. The van der Waals surface area contributed by atoms with Crippen LogP contribution in [0.2, 0.25) is 5.02 Å². The first-order chi connectivity index (χ1) is 10.2. The van der Waals surface area contributed by atoms with Crippen LogP contribution >= 0.6 is 11.6 Å². The maximum atomic E-state index is 6.19. The van der Waals surface area contributed by atoms with Crippen molar-refractivity contribution < 1.29 is 9.47 Å². The first-order valence-corrected chi connectivity index (χ1v) is 7.28. The third-order valence-electron chi connectivity index (χ3n) is 3.50. The molecule has 21 heavy (non-hydrogen) atoms. The zero-order valence-electron chi connectivity index (χ0n) is 12.6. The number of aryl methyl sites for hydroxylation is 1. The molecule has 4 heteroatoms. The van der Waals surface area contributed by atoms with Gasteiger partial charge in [-0.1, -0.05) is 29.8 Å². The van der Waals surface area contributed by atoms with Crippen molar-refractivity contribution in [3.8, 4) is 22.6 Å². The van der Waals surface area contributed by atoms with Crippen LogP contribution in [0.4, 0.5) is 0 Å². The minimum Gasteiger partial charge on any atom is -0.486 e. The van der Waals surface area contributed by atoms with Gasteiger partial charge in [-0.2, -0.15) is 0 Å². The van der Waals surface area contributed by atoms with E-state index in [0.717, 1.165) is 22.6 Å². The quantitative estimate of drug-likeness (QED) is 0.867. The molecular weight excluding hydrogens is 286 g/mol. The summed E-state index contributed by atoms with van der Waals surface area (Å²) in [6, 6.07) is 10.00. The summed E-state index contributed by atoms with van der Waals surface area (Å²) in [6.45, 7) is 5.36. The highest BCUT2D eigenvalue weighted by Crippen LogP contribution is 2.43. The summed E-state index contributed by atoms with van der Waals surface area (Å²) in [4.78, 5) is 0. The lowest BCUT2D eigenvalue weighted by atomic mass is 9.96. The number of fused-ring (bicyclic) bond motifs is 1. The summed E-state index contributed by atoms with van der Waals surface area (Å²) in [5.41, 5.74) is 9.14. The van der Waals surface area contributed by atoms with E-state index in [-0.39, 0.29) is 0 Å². The monoisotopic (exact) mass is 305 g/mol. The lowest BCUT2D eigenvalue weighted by Crippen LogP contribution is -2.16. The highest BCUT2D eigenvalue weighted by atomic mass is 35.5. The van der Waals surface area contributed by atoms with E-state index in [2.05, 4.69) is 37.8 Å². The summed E-state index contributed by atoms with van der Waals surface area (Å²) < 4.78 is 11.4. The standard InChI is InChI=1S/C16H15ClO2.CH5N/c1-10-4-3-5-13(11(10)2)14-8-12(17)9-15-16(14)19-7-6-18-15;1-2/h3-5,8-9H,6-7H2,1-2H3;2H2,1H3. The first-order valence-electron chi connectivity index (χ1n) is 6.90. The molecule has 0 saturated carbocycles. The number of hydrogen-bond acceptors (Lipinski definition) is 3. The topological polar surface area (TPSA) is 44.5 Å². The second-order valence-electron chi connectivity index (χ2n) is 4.73. The molecule has 0 spiro atoms.